The zero-order valence-electron chi connectivity index (χ0n) is 13.8. The molecule has 3 heterocycles. The maximum absolute atomic E-state index is 9.82. The highest BCUT2D eigenvalue weighted by Gasteiger charge is 2.16. The zero-order chi connectivity index (χ0) is 17.8. The molecule has 0 atom stereocenters. The van der Waals surface area contributed by atoms with Crippen molar-refractivity contribution in [3.63, 3.8) is 0 Å². The van der Waals surface area contributed by atoms with Gasteiger partial charge >= 0.3 is 0 Å². The first kappa shape index (κ1) is 17.0. The Hall–Kier alpha value is -2.39. The number of nitrogens with zero attached hydrogens (tertiary/aromatic N) is 2. The quantitative estimate of drug-likeness (QED) is 0.356. The van der Waals surface area contributed by atoms with Crippen molar-refractivity contribution >= 4 is 34.4 Å². The molecule has 5 heteroatoms. The van der Waals surface area contributed by atoms with Crippen molar-refractivity contribution in [1.29, 1.82) is 5.26 Å². The van der Waals surface area contributed by atoms with Crippen molar-refractivity contribution in [2.45, 2.75) is 10.8 Å². The minimum atomic E-state index is 0.661. The van der Waals surface area contributed by atoms with Crippen LogP contribution in [-0.4, -0.2) is 4.98 Å². The van der Waals surface area contributed by atoms with E-state index in [9.17, 15) is 5.26 Å². The lowest BCUT2D eigenvalue weighted by Crippen LogP contribution is -1.94. The Morgan fingerprint density at radius 1 is 0.923 bits per heavy atom. The first-order chi connectivity index (χ1) is 12.8. The largest absolute Gasteiger partial charge is 0.239 e. The lowest BCUT2D eigenvalue weighted by atomic mass is 10.1. The van der Waals surface area contributed by atoms with Crippen LogP contribution in [0.1, 0.15) is 11.1 Å². The molecule has 0 aliphatic carbocycles. The molecule has 1 aromatic carbocycles. The third-order valence-electron chi connectivity index (χ3n) is 3.88. The molecule has 0 unspecified atom stereocenters. The summed E-state index contributed by atoms with van der Waals surface area (Å²) in [5, 5.41) is 14.7. The van der Waals surface area contributed by atoms with Crippen LogP contribution in [-0.2, 0) is 5.75 Å². The van der Waals surface area contributed by atoms with Gasteiger partial charge in [-0.25, -0.2) is 4.98 Å². The van der Waals surface area contributed by atoms with Gasteiger partial charge in [-0.1, -0.05) is 42.5 Å². The molecular formula is C21H14N2S3. The van der Waals surface area contributed by atoms with Crippen LogP contribution in [0.2, 0.25) is 0 Å². The molecule has 0 saturated carbocycles. The topological polar surface area (TPSA) is 36.7 Å². The third kappa shape index (κ3) is 3.58. The van der Waals surface area contributed by atoms with Crippen LogP contribution in [0.5, 0.6) is 0 Å². The molecule has 3 aromatic heterocycles. The summed E-state index contributed by atoms with van der Waals surface area (Å²) in [6, 6.07) is 22.9. The number of thioether (sulfide) groups is 1. The first-order valence-corrected chi connectivity index (χ1v) is 10.8. The predicted octanol–water partition coefficient (Wildman–Crippen LogP) is 6.70. The van der Waals surface area contributed by atoms with Crippen LogP contribution >= 0.6 is 34.4 Å². The van der Waals surface area contributed by atoms with E-state index >= 15 is 0 Å². The molecule has 0 aliphatic rings. The average molecular weight is 391 g/mol. The molecule has 4 aromatic rings. The average Bonchev–Trinajstić information content (AvgIpc) is 3.40. The molecule has 0 N–H and O–H groups in total. The number of hydrogen-bond donors (Lipinski definition) is 0. The Morgan fingerprint density at radius 2 is 1.65 bits per heavy atom. The van der Waals surface area contributed by atoms with E-state index in [1.807, 2.05) is 41.8 Å². The van der Waals surface area contributed by atoms with E-state index in [1.165, 1.54) is 5.56 Å². The molecule has 0 amide bonds. The van der Waals surface area contributed by atoms with Crippen molar-refractivity contribution in [3.05, 3.63) is 82.6 Å². The van der Waals surface area contributed by atoms with Crippen LogP contribution in [0.15, 0.2) is 76.4 Å². The summed E-state index contributed by atoms with van der Waals surface area (Å²) in [5.41, 5.74) is 3.78. The van der Waals surface area contributed by atoms with E-state index in [4.69, 9.17) is 4.98 Å². The minimum absolute atomic E-state index is 0.661. The molecule has 0 fully saturated rings. The van der Waals surface area contributed by atoms with Crippen LogP contribution in [0, 0.1) is 11.3 Å². The number of aromatic nitrogens is 1. The van der Waals surface area contributed by atoms with Crippen LogP contribution in [0.25, 0.3) is 21.0 Å². The monoisotopic (exact) mass is 390 g/mol. The van der Waals surface area contributed by atoms with Gasteiger partial charge in [-0.05, 0) is 34.5 Å². The standard InChI is InChI=1S/C21H14N2S3/c22-13-17-16(19-8-4-10-24-19)12-18(20-9-5-11-25-20)23-21(17)26-14-15-6-2-1-3-7-15/h1-12H,14H2. The molecule has 126 valence electrons. The lowest BCUT2D eigenvalue weighted by Gasteiger charge is -2.10. The second kappa shape index (κ2) is 7.88. The number of nitriles is 1. The Kier molecular flexibility index (Phi) is 5.16. The summed E-state index contributed by atoms with van der Waals surface area (Å²) in [4.78, 5) is 7.05. The van der Waals surface area contributed by atoms with Gasteiger partial charge in [-0.3, -0.25) is 0 Å². The van der Waals surface area contributed by atoms with Gasteiger partial charge in [0.1, 0.15) is 11.1 Å². The molecule has 2 nitrogen and oxygen atoms in total. The summed E-state index contributed by atoms with van der Waals surface area (Å²) < 4.78 is 0. The highest BCUT2D eigenvalue weighted by Crippen LogP contribution is 2.37. The van der Waals surface area contributed by atoms with Crippen LogP contribution in [0.3, 0.4) is 0 Å². The highest BCUT2D eigenvalue weighted by atomic mass is 32.2. The van der Waals surface area contributed by atoms with E-state index < -0.39 is 0 Å². The maximum atomic E-state index is 9.82. The van der Waals surface area contributed by atoms with Crippen LogP contribution in [0.4, 0.5) is 0 Å². The second-order valence-corrected chi connectivity index (χ2v) is 8.44. The van der Waals surface area contributed by atoms with Crippen molar-refractivity contribution < 1.29 is 0 Å². The van der Waals surface area contributed by atoms with E-state index in [1.54, 1.807) is 34.4 Å². The summed E-state index contributed by atoms with van der Waals surface area (Å²) >= 11 is 4.94. The van der Waals surface area contributed by atoms with Gasteiger partial charge in [0, 0.05) is 16.2 Å². The highest BCUT2D eigenvalue weighted by molar-refractivity contribution is 7.98. The molecule has 26 heavy (non-hydrogen) atoms. The molecule has 0 saturated heterocycles. The van der Waals surface area contributed by atoms with Gasteiger partial charge in [0.05, 0.1) is 16.1 Å². The lowest BCUT2D eigenvalue weighted by molar-refractivity contribution is 1.12. The second-order valence-electron chi connectivity index (χ2n) is 5.58. The maximum Gasteiger partial charge on any atom is 0.116 e. The molecule has 0 radical (unpaired) electrons. The Bertz CT molecular complexity index is 1030. The number of pyridine rings is 1. The third-order valence-corrected chi connectivity index (χ3v) is 6.72. The van der Waals surface area contributed by atoms with Crippen molar-refractivity contribution in [3.8, 4) is 27.1 Å². The fourth-order valence-corrected chi connectivity index (χ4v) is 5.03. The summed E-state index contributed by atoms with van der Waals surface area (Å²) in [7, 11) is 0. The van der Waals surface area contributed by atoms with Gasteiger partial charge in [-0.15, -0.1) is 34.4 Å². The van der Waals surface area contributed by atoms with Gasteiger partial charge in [0.2, 0.25) is 0 Å². The van der Waals surface area contributed by atoms with Crippen LogP contribution < -0.4 is 0 Å². The Balaban J connectivity index is 1.79. The SMILES string of the molecule is N#Cc1c(-c2cccs2)cc(-c2cccs2)nc1SCc1ccccc1. The van der Waals surface area contributed by atoms with E-state index in [0.717, 1.165) is 31.8 Å². The van der Waals surface area contributed by atoms with E-state index in [0.29, 0.717) is 5.56 Å². The van der Waals surface area contributed by atoms with Crippen molar-refractivity contribution in [1.82, 2.24) is 4.98 Å². The zero-order valence-corrected chi connectivity index (χ0v) is 16.2. The van der Waals surface area contributed by atoms with E-state index in [2.05, 4.69) is 35.7 Å². The number of hydrogen-bond acceptors (Lipinski definition) is 5. The first-order valence-electron chi connectivity index (χ1n) is 8.05. The smallest absolute Gasteiger partial charge is 0.116 e. The van der Waals surface area contributed by atoms with Gasteiger partial charge in [-0.2, -0.15) is 5.26 Å². The fraction of sp³-hybridized carbons (Fsp3) is 0.0476. The number of benzene rings is 1. The predicted molar refractivity (Wildman–Crippen MR) is 112 cm³/mol. The summed E-state index contributed by atoms with van der Waals surface area (Å²) in [6.45, 7) is 0. The fourth-order valence-electron chi connectivity index (χ4n) is 2.64. The Morgan fingerprint density at radius 3 is 2.31 bits per heavy atom. The van der Waals surface area contributed by atoms with Gasteiger partial charge in [0.15, 0.2) is 0 Å². The van der Waals surface area contributed by atoms with Gasteiger partial charge < -0.3 is 0 Å². The minimum Gasteiger partial charge on any atom is -0.239 e. The van der Waals surface area contributed by atoms with Crippen molar-refractivity contribution in [2.75, 3.05) is 0 Å². The molecule has 0 aliphatic heterocycles. The van der Waals surface area contributed by atoms with E-state index in [-0.39, 0.29) is 0 Å². The number of thiophene rings is 2. The molecule has 4 rings (SSSR count). The van der Waals surface area contributed by atoms with Gasteiger partial charge in [0.25, 0.3) is 0 Å². The number of rotatable bonds is 5. The van der Waals surface area contributed by atoms with Crippen molar-refractivity contribution in [2.24, 2.45) is 0 Å². The molecule has 0 bridgehead atoms. The normalized spacial score (nSPS) is 10.6. The molecule has 0 spiro atoms. The Labute approximate surface area is 164 Å². The summed E-state index contributed by atoms with van der Waals surface area (Å²) in [5.74, 6) is 0.792. The molecular weight excluding hydrogens is 376 g/mol. The summed E-state index contributed by atoms with van der Waals surface area (Å²) in [6.07, 6.45) is 0.